The first-order valence-electron chi connectivity index (χ1n) is 10.3. The maximum atomic E-state index is 12.4. The van der Waals surface area contributed by atoms with Crippen molar-refractivity contribution >= 4 is 24.3 Å². The van der Waals surface area contributed by atoms with Crippen molar-refractivity contribution < 1.29 is 14.3 Å². The number of nitrogens with one attached hydrogen (secondary N) is 2. The lowest BCUT2D eigenvalue weighted by Crippen LogP contribution is -2.54. The van der Waals surface area contributed by atoms with Crippen molar-refractivity contribution in [1.29, 1.82) is 0 Å². The molecule has 0 aromatic rings. The number of urea groups is 1. The molecule has 0 aromatic carbocycles. The second-order valence-corrected chi connectivity index (χ2v) is 8.03. The molecule has 3 aliphatic rings. The topological polar surface area (TPSA) is 96.7 Å². The van der Waals surface area contributed by atoms with Crippen LogP contribution in [0.15, 0.2) is 0 Å². The average Bonchev–Trinajstić information content (AvgIpc) is 2.69. The first-order chi connectivity index (χ1) is 12.6. The van der Waals surface area contributed by atoms with Gasteiger partial charge in [-0.2, -0.15) is 0 Å². The van der Waals surface area contributed by atoms with Crippen LogP contribution in [-0.2, 0) is 9.53 Å². The minimum Gasteiger partial charge on any atom is -0.381 e. The Labute approximate surface area is 168 Å². The van der Waals surface area contributed by atoms with E-state index in [1.807, 2.05) is 4.90 Å². The quantitative estimate of drug-likeness (QED) is 0.667. The van der Waals surface area contributed by atoms with Gasteiger partial charge in [-0.05, 0) is 44.4 Å². The molecular weight excluding hydrogens is 368 g/mol. The predicted molar refractivity (Wildman–Crippen MR) is 107 cm³/mol. The molecule has 4 N–H and O–H groups in total. The molecule has 2 aliphatic heterocycles. The highest BCUT2D eigenvalue weighted by atomic mass is 35.5. The Morgan fingerprint density at radius 3 is 2.11 bits per heavy atom. The van der Waals surface area contributed by atoms with E-state index in [1.54, 1.807) is 0 Å². The SMILES string of the molecule is Cl.NC(C(=O)NC1CCN(C(=O)NC2CCCCC2)CC1)C1CCOCC1. The van der Waals surface area contributed by atoms with Gasteiger partial charge in [0.15, 0.2) is 0 Å². The van der Waals surface area contributed by atoms with E-state index in [0.29, 0.717) is 32.3 Å². The van der Waals surface area contributed by atoms with Gasteiger partial charge in [-0.3, -0.25) is 4.79 Å². The summed E-state index contributed by atoms with van der Waals surface area (Å²) in [7, 11) is 0. The molecule has 1 aliphatic carbocycles. The molecule has 0 bridgehead atoms. The van der Waals surface area contributed by atoms with Crippen LogP contribution in [0.3, 0.4) is 0 Å². The largest absolute Gasteiger partial charge is 0.381 e. The third-order valence-corrected chi connectivity index (χ3v) is 6.14. The van der Waals surface area contributed by atoms with Crippen LogP contribution in [0.4, 0.5) is 4.79 Å². The van der Waals surface area contributed by atoms with E-state index in [2.05, 4.69) is 10.6 Å². The van der Waals surface area contributed by atoms with Gasteiger partial charge in [0.2, 0.25) is 5.91 Å². The summed E-state index contributed by atoms with van der Waals surface area (Å²) in [6.45, 7) is 2.77. The Morgan fingerprint density at radius 1 is 0.889 bits per heavy atom. The fourth-order valence-corrected chi connectivity index (χ4v) is 4.33. The standard InChI is InChI=1S/C19H34N4O3.ClH/c20-17(14-8-12-26-13-9-14)18(24)21-16-6-10-23(11-7-16)19(25)22-15-4-2-1-3-5-15;/h14-17H,1-13,20H2,(H,21,24)(H,22,25);1H. The number of halogens is 1. The van der Waals surface area contributed by atoms with Gasteiger partial charge in [-0.1, -0.05) is 19.3 Å². The summed E-state index contributed by atoms with van der Waals surface area (Å²) in [5.74, 6) is 0.159. The molecule has 3 amide bonds. The number of nitrogens with two attached hydrogens (primary N) is 1. The Kier molecular flexibility index (Phi) is 9.12. The van der Waals surface area contributed by atoms with Crippen molar-refractivity contribution in [2.45, 2.75) is 75.9 Å². The van der Waals surface area contributed by atoms with E-state index < -0.39 is 6.04 Å². The van der Waals surface area contributed by atoms with Gasteiger partial charge in [0, 0.05) is 38.4 Å². The highest BCUT2D eigenvalue weighted by molar-refractivity contribution is 5.85. The molecule has 0 spiro atoms. The molecule has 1 atom stereocenters. The number of nitrogens with zero attached hydrogens (tertiary/aromatic N) is 1. The zero-order valence-electron chi connectivity index (χ0n) is 16.2. The zero-order chi connectivity index (χ0) is 18.4. The smallest absolute Gasteiger partial charge is 0.317 e. The lowest BCUT2D eigenvalue weighted by Gasteiger charge is -2.35. The van der Waals surface area contributed by atoms with E-state index >= 15 is 0 Å². The number of likely N-dealkylation sites (tertiary alicyclic amines) is 1. The van der Waals surface area contributed by atoms with Crippen molar-refractivity contribution in [2.75, 3.05) is 26.3 Å². The maximum Gasteiger partial charge on any atom is 0.317 e. The molecule has 2 saturated heterocycles. The second kappa shape index (κ2) is 11.1. The van der Waals surface area contributed by atoms with Gasteiger partial charge in [-0.25, -0.2) is 4.79 Å². The normalized spacial score (nSPS) is 24.0. The molecule has 0 radical (unpaired) electrons. The summed E-state index contributed by atoms with van der Waals surface area (Å²) in [4.78, 5) is 26.7. The van der Waals surface area contributed by atoms with Crippen LogP contribution in [0.25, 0.3) is 0 Å². The number of hydrogen-bond donors (Lipinski definition) is 3. The molecule has 1 saturated carbocycles. The minimum atomic E-state index is -0.452. The monoisotopic (exact) mass is 402 g/mol. The fraction of sp³-hybridized carbons (Fsp3) is 0.895. The Balaban J connectivity index is 0.00000261. The number of hydrogen-bond acceptors (Lipinski definition) is 4. The van der Waals surface area contributed by atoms with Crippen LogP contribution in [0.1, 0.15) is 57.8 Å². The third-order valence-electron chi connectivity index (χ3n) is 6.14. The lowest BCUT2D eigenvalue weighted by atomic mass is 9.91. The Morgan fingerprint density at radius 2 is 1.48 bits per heavy atom. The van der Waals surface area contributed by atoms with Gasteiger partial charge in [0.05, 0.1) is 6.04 Å². The van der Waals surface area contributed by atoms with Crippen LogP contribution in [0.5, 0.6) is 0 Å². The van der Waals surface area contributed by atoms with Crippen molar-refractivity contribution in [1.82, 2.24) is 15.5 Å². The van der Waals surface area contributed by atoms with Crippen molar-refractivity contribution in [3.05, 3.63) is 0 Å². The van der Waals surface area contributed by atoms with Crippen LogP contribution in [0.2, 0.25) is 0 Å². The highest BCUT2D eigenvalue weighted by Crippen LogP contribution is 2.20. The summed E-state index contributed by atoms with van der Waals surface area (Å²) < 4.78 is 5.34. The highest BCUT2D eigenvalue weighted by Gasteiger charge is 2.30. The molecule has 7 nitrogen and oxygen atoms in total. The molecule has 0 aromatic heterocycles. The average molecular weight is 403 g/mol. The summed E-state index contributed by atoms with van der Waals surface area (Å²) in [5.41, 5.74) is 6.15. The van der Waals surface area contributed by atoms with E-state index in [-0.39, 0.29) is 36.3 Å². The van der Waals surface area contributed by atoms with Gasteiger partial charge < -0.3 is 26.0 Å². The third kappa shape index (κ3) is 6.50. The molecule has 2 heterocycles. The number of amides is 3. The van der Waals surface area contributed by atoms with Gasteiger partial charge >= 0.3 is 6.03 Å². The van der Waals surface area contributed by atoms with E-state index in [4.69, 9.17) is 10.5 Å². The predicted octanol–water partition coefficient (Wildman–Crippen LogP) is 1.78. The first-order valence-corrected chi connectivity index (χ1v) is 10.3. The minimum absolute atomic E-state index is 0. The summed E-state index contributed by atoms with van der Waals surface area (Å²) in [6.07, 6.45) is 9.22. The van der Waals surface area contributed by atoms with E-state index in [1.165, 1.54) is 19.3 Å². The fourth-order valence-electron chi connectivity index (χ4n) is 4.33. The lowest BCUT2D eigenvalue weighted by molar-refractivity contribution is -0.125. The summed E-state index contributed by atoms with van der Waals surface area (Å²) in [5, 5.41) is 6.27. The number of ether oxygens (including phenoxy) is 1. The second-order valence-electron chi connectivity index (χ2n) is 8.03. The molecule has 27 heavy (non-hydrogen) atoms. The van der Waals surface area contributed by atoms with E-state index in [0.717, 1.165) is 38.5 Å². The maximum absolute atomic E-state index is 12.4. The number of carbonyl (C=O) groups is 2. The van der Waals surface area contributed by atoms with Gasteiger partial charge in [0.25, 0.3) is 0 Å². The first kappa shape index (κ1) is 22.2. The zero-order valence-corrected chi connectivity index (χ0v) is 17.0. The van der Waals surface area contributed by atoms with Crippen LogP contribution in [-0.4, -0.2) is 61.3 Å². The molecular formula is C19H35ClN4O3. The van der Waals surface area contributed by atoms with Crippen molar-refractivity contribution in [3.63, 3.8) is 0 Å². The number of rotatable bonds is 4. The summed E-state index contributed by atoms with van der Waals surface area (Å²) in [6, 6.07) is 0.0605. The molecule has 3 rings (SSSR count). The molecule has 156 valence electrons. The van der Waals surface area contributed by atoms with Gasteiger partial charge in [0.1, 0.15) is 0 Å². The summed E-state index contributed by atoms with van der Waals surface area (Å²) >= 11 is 0. The van der Waals surface area contributed by atoms with Crippen LogP contribution < -0.4 is 16.4 Å². The van der Waals surface area contributed by atoms with Crippen molar-refractivity contribution in [3.8, 4) is 0 Å². The van der Waals surface area contributed by atoms with Gasteiger partial charge in [-0.15, -0.1) is 12.4 Å². The number of carbonyl (C=O) groups excluding carboxylic acids is 2. The molecule has 1 unspecified atom stereocenters. The Bertz CT molecular complexity index is 474. The number of piperidine rings is 1. The van der Waals surface area contributed by atoms with Crippen LogP contribution >= 0.6 is 12.4 Å². The molecule has 3 fully saturated rings. The van der Waals surface area contributed by atoms with Crippen LogP contribution in [0, 0.1) is 5.92 Å². The van der Waals surface area contributed by atoms with Crippen molar-refractivity contribution in [2.24, 2.45) is 11.7 Å². The van der Waals surface area contributed by atoms with E-state index in [9.17, 15) is 9.59 Å². The Hall–Kier alpha value is -1.05. The molecule has 8 heteroatoms.